The lowest BCUT2D eigenvalue weighted by atomic mass is 9.27. The zero-order chi connectivity index (χ0) is 42.8. The van der Waals surface area contributed by atoms with E-state index >= 15 is 4.79 Å². The number of rotatable bonds is 6. The van der Waals surface area contributed by atoms with Crippen LogP contribution in [0.25, 0.3) is 0 Å². The Morgan fingerprint density at radius 1 is 1.03 bits per heavy atom. The average Bonchev–Trinajstić information content (AvgIpc) is 3.74. The van der Waals surface area contributed by atoms with Crippen molar-refractivity contribution in [1.29, 1.82) is 0 Å². The normalized spacial score (nSPS) is 44.0. The van der Waals surface area contributed by atoms with Crippen molar-refractivity contribution < 1.29 is 24.2 Å². The largest absolute Gasteiger partial charge is 0.509 e. The van der Waals surface area contributed by atoms with Crippen molar-refractivity contribution in [2.45, 2.75) is 148 Å². The van der Waals surface area contributed by atoms with Gasteiger partial charge in [0.1, 0.15) is 11.2 Å². The molecule has 3 N–H and O–H groups in total. The number of carbonyl (C=O) groups is 2. The van der Waals surface area contributed by atoms with Gasteiger partial charge in [-0.15, -0.1) is 0 Å². The molecule has 334 valence electrons. The smallest absolute Gasteiger partial charge is 0.339 e. The van der Waals surface area contributed by atoms with E-state index in [1.54, 1.807) is 5.70 Å². The zero-order valence-electron chi connectivity index (χ0n) is 38.1. The maximum Gasteiger partial charge on any atom is 0.339 e. The van der Waals surface area contributed by atoms with E-state index in [4.69, 9.17) is 15.2 Å². The van der Waals surface area contributed by atoms with Gasteiger partial charge in [-0.2, -0.15) is 0 Å². The number of aryl methyl sites for hydroxylation is 1. The van der Waals surface area contributed by atoms with Crippen molar-refractivity contribution >= 4 is 11.9 Å². The van der Waals surface area contributed by atoms with E-state index in [1.807, 2.05) is 0 Å². The Bertz CT molecular complexity index is 2370. The molecule has 0 aromatic heterocycles. The predicted octanol–water partition coefficient (Wildman–Crippen LogP) is 9.96. The molecule has 0 amide bonds. The van der Waals surface area contributed by atoms with Crippen LogP contribution in [-0.2, 0) is 26.3 Å². The molecule has 1 aromatic rings. The Kier molecular flexibility index (Phi) is 8.65. The fourth-order valence-electron chi connectivity index (χ4n) is 17.8. The first-order chi connectivity index (χ1) is 30.6. The van der Waals surface area contributed by atoms with Crippen LogP contribution in [0.2, 0.25) is 0 Å². The number of piperidine rings is 2. The standard InChI is InChI=1S/C55H69N3O5/c1-4-52(3)19-17-35-25-40-31(2)22-36-15-16-42-37-23-33-28-57(30-37)38(24-32-10-6-5-7-11-32)26-43(59)49-53-20-18-39(46(40)48(36)58(42)29-33)47(35)54(53,51(61)62-49)44(27-52)55(53)41-14-8-12-34(13-9-21-56)45(41)50(60)63-55/h8,12,14-16,25,31-33,37-38,40,42,44,46,59H,4-7,9-11,13,17-24,26-30,56H2,1-3H3. The Labute approximate surface area is 374 Å². The molecule has 9 heterocycles. The first kappa shape index (κ1) is 39.7. The number of hydrogen-bond donors (Lipinski definition) is 2. The summed E-state index contributed by atoms with van der Waals surface area (Å²) in [6, 6.07) is 6.82. The van der Waals surface area contributed by atoms with E-state index in [0.29, 0.717) is 72.8 Å². The van der Waals surface area contributed by atoms with E-state index in [-0.39, 0.29) is 41.0 Å². The van der Waals surface area contributed by atoms with Gasteiger partial charge in [0.15, 0.2) is 11.4 Å². The molecule has 16 rings (SSSR count). The van der Waals surface area contributed by atoms with Crippen LogP contribution in [0, 0.1) is 57.7 Å². The molecule has 3 saturated heterocycles. The van der Waals surface area contributed by atoms with Gasteiger partial charge in [0.25, 0.3) is 0 Å². The minimum Gasteiger partial charge on any atom is -0.509 e. The van der Waals surface area contributed by atoms with E-state index in [0.717, 1.165) is 82.1 Å². The molecule has 3 saturated carbocycles. The number of nitrogens with two attached hydrogens (primary N) is 1. The average molecular weight is 852 g/mol. The summed E-state index contributed by atoms with van der Waals surface area (Å²) < 4.78 is 14.3. The summed E-state index contributed by atoms with van der Waals surface area (Å²) in [7, 11) is 0. The molecule has 13 atom stereocenters. The van der Waals surface area contributed by atoms with Gasteiger partial charge in [-0.3, -0.25) is 9.69 Å². The summed E-state index contributed by atoms with van der Waals surface area (Å²) in [6.07, 6.45) is 24.5. The molecule has 8 heteroatoms. The maximum atomic E-state index is 16.1. The third-order valence-electron chi connectivity index (χ3n) is 20.5. The zero-order valence-corrected chi connectivity index (χ0v) is 38.1. The molecule has 8 nitrogen and oxygen atoms in total. The monoisotopic (exact) mass is 852 g/mol. The Morgan fingerprint density at radius 3 is 2.71 bits per heavy atom. The second kappa shape index (κ2) is 13.7. The molecule has 0 radical (unpaired) electrons. The van der Waals surface area contributed by atoms with Crippen LogP contribution >= 0.6 is 0 Å². The van der Waals surface area contributed by atoms with Crippen LogP contribution in [0.15, 0.2) is 75.9 Å². The number of ether oxygens (including phenoxy) is 2. The van der Waals surface area contributed by atoms with Crippen molar-refractivity contribution in [2.75, 3.05) is 26.2 Å². The van der Waals surface area contributed by atoms with Crippen molar-refractivity contribution in [3.63, 3.8) is 0 Å². The number of esters is 2. The van der Waals surface area contributed by atoms with E-state index in [2.05, 4.69) is 67.0 Å². The molecule has 6 fully saturated rings. The fraction of sp³-hybridized carbons (Fsp3) is 0.673. The minimum absolute atomic E-state index is 0.100. The third kappa shape index (κ3) is 4.91. The first-order valence-electron chi connectivity index (χ1n) is 25.6. The highest BCUT2D eigenvalue weighted by Gasteiger charge is 2.94. The summed E-state index contributed by atoms with van der Waals surface area (Å²) in [6.45, 7) is 10.9. The van der Waals surface area contributed by atoms with Crippen molar-refractivity contribution in [3.05, 3.63) is 92.6 Å². The molecule has 9 aliphatic heterocycles. The lowest BCUT2D eigenvalue weighted by molar-refractivity contribution is -0.283. The van der Waals surface area contributed by atoms with Gasteiger partial charge in [0.2, 0.25) is 0 Å². The van der Waals surface area contributed by atoms with Crippen LogP contribution in [0.3, 0.4) is 0 Å². The number of carbonyl (C=O) groups excluding carboxylic acids is 2. The van der Waals surface area contributed by atoms with Gasteiger partial charge in [0.05, 0.1) is 17.0 Å². The van der Waals surface area contributed by atoms with Gasteiger partial charge in [-0.1, -0.05) is 101 Å². The molecule has 12 bridgehead atoms. The first-order valence-corrected chi connectivity index (χ1v) is 25.6. The van der Waals surface area contributed by atoms with E-state index < -0.39 is 16.4 Å². The van der Waals surface area contributed by atoms with Gasteiger partial charge < -0.3 is 25.2 Å². The topological polar surface area (TPSA) is 105 Å². The highest BCUT2D eigenvalue weighted by Crippen LogP contribution is 2.88. The summed E-state index contributed by atoms with van der Waals surface area (Å²) in [5.41, 5.74) is 12.3. The number of benzene rings is 1. The highest BCUT2D eigenvalue weighted by molar-refractivity contribution is 6.01. The summed E-state index contributed by atoms with van der Waals surface area (Å²) >= 11 is 0. The number of hydrogen-bond acceptors (Lipinski definition) is 8. The molecule has 15 aliphatic rings. The van der Waals surface area contributed by atoms with Crippen LogP contribution in [0.5, 0.6) is 0 Å². The quantitative estimate of drug-likeness (QED) is 0.273. The van der Waals surface area contributed by atoms with Crippen molar-refractivity contribution in [3.8, 4) is 0 Å². The molecular weight excluding hydrogens is 783 g/mol. The molecule has 63 heavy (non-hydrogen) atoms. The number of aliphatic hydroxyl groups is 1. The van der Waals surface area contributed by atoms with E-state index in [1.165, 1.54) is 60.8 Å². The van der Waals surface area contributed by atoms with E-state index in [9.17, 15) is 9.90 Å². The second-order valence-corrected chi connectivity index (χ2v) is 23.3. The lowest BCUT2D eigenvalue weighted by Gasteiger charge is -2.73. The SMILES string of the molecule is CCC1(C)CCC2=CC3C(C)CC4=C5C3C3=C2C26C(=O)OC(=C(O)CC(CC7CCCCC7)N7CC8CC(C7)C(C=C4)N5C8)C2(CC3)C2(OC(=O)c3c(CCCN)cccc32)C6C1. The predicted molar refractivity (Wildman–Crippen MR) is 242 cm³/mol. The van der Waals surface area contributed by atoms with Crippen molar-refractivity contribution in [2.24, 2.45) is 63.4 Å². The van der Waals surface area contributed by atoms with Gasteiger partial charge in [-0.25, -0.2) is 4.79 Å². The summed E-state index contributed by atoms with van der Waals surface area (Å²) in [5.74, 6) is 2.59. The molecule has 13 unspecified atom stereocenters. The second-order valence-electron chi connectivity index (χ2n) is 23.3. The number of aliphatic hydroxyl groups excluding tert-OH is 1. The highest BCUT2D eigenvalue weighted by atomic mass is 16.6. The fourth-order valence-corrected chi connectivity index (χ4v) is 17.8. The maximum absolute atomic E-state index is 16.1. The molecule has 1 aromatic carbocycles. The number of fused-ring (bicyclic) bond motifs is 3. The summed E-state index contributed by atoms with van der Waals surface area (Å²) in [4.78, 5) is 36.7. The lowest BCUT2D eigenvalue weighted by Crippen LogP contribution is -2.78. The van der Waals surface area contributed by atoms with Crippen LogP contribution < -0.4 is 5.73 Å². The summed E-state index contributed by atoms with van der Waals surface area (Å²) in [5, 5.41) is 13.3. The van der Waals surface area contributed by atoms with Crippen LogP contribution in [0.4, 0.5) is 0 Å². The number of nitrogens with zero attached hydrogens (tertiary/aromatic N) is 2. The Hall–Kier alpha value is -3.62. The molecule has 6 aliphatic carbocycles. The van der Waals surface area contributed by atoms with Gasteiger partial charge in [0, 0.05) is 55.2 Å². The van der Waals surface area contributed by atoms with Crippen molar-refractivity contribution in [1.82, 2.24) is 9.80 Å². The molecule has 3 spiro atoms. The molecular formula is C55H69N3O5. The number of allylic oxidation sites excluding steroid dienone is 5. The minimum atomic E-state index is -1.15. The van der Waals surface area contributed by atoms with Crippen LogP contribution in [-0.4, -0.2) is 65.1 Å². The van der Waals surface area contributed by atoms with Gasteiger partial charge >= 0.3 is 11.9 Å². The Balaban J connectivity index is 1.10. The third-order valence-corrected chi connectivity index (χ3v) is 20.5. The Morgan fingerprint density at radius 2 is 1.89 bits per heavy atom. The van der Waals surface area contributed by atoms with Crippen LogP contribution in [0.1, 0.15) is 145 Å². The van der Waals surface area contributed by atoms with Gasteiger partial charge in [-0.05, 0) is 128 Å².